The number of nitrogens with one attached hydrogen (secondary N) is 1. The summed E-state index contributed by atoms with van der Waals surface area (Å²) in [5.41, 5.74) is 1.70. The standard InChI is InChI=1S/C18H15ClN2O3/c1-10(12-5-3-4-6-15(12)19)20-16(22)11-7-8-13-14(9-11)18(24)21(2)17(13)23/h3-10H,1-2H3,(H,20,22). The van der Waals surface area contributed by atoms with E-state index in [-0.39, 0.29) is 23.4 Å². The van der Waals surface area contributed by atoms with E-state index in [0.29, 0.717) is 16.1 Å². The highest BCUT2D eigenvalue weighted by Gasteiger charge is 2.33. The van der Waals surface area contributed by atoms with Gasteiger partial charge in [0.15, 0.2) is 0 Å². The molecule has 0 aliphatic carbocycles. The van der Waals surface area contributed by atoms with Crippen LogP contribution in [0.25, 0.3) is 0 Å². The molecule has 122 valence electrons. The first kappa shape index (κ1) is 16.2. The molecule has 0 fully saturated rings. The second-order valence-corrected chi connectivity index (χ2v) is 6.05. The molecule has 1 atom stereocenters. The van der Waals surface area contributed by atoms with Crippen LogP contribution in [-0.2, 0) is 0 Å². The first-order valence-electron chi connectivity index (χ1n) is 7.42. The van der Waals surface area contributed by atoms with Crippen LogP contribution in [0.2, 0.25) is 5.02 Å². The second-order valence-electron chi connectivity index (χ2n) is 5.65. The van der Waals surface area contributed by atoms with E-state index in [1.807, 2.05) is 25.1 Å². The zero-order valence-electron chi connectivity index (χ0n) is 13.2. The number of fused-ring (bicyclic) bond motifs is 1. The average molecular weight is 343 g/mol. The number of amides is 3. The number of nitrogens with zero attached hydrogens (tertiary/aromatic N) is 1. The number of hydrogen-bond acceptors (Lipinski definition) is 3. The summed E-state index contributed by atoms with van der Waals surface area (Å²) in [7, 11) is 1.42. The fourth-order valence-electron chi connectivity index (χ4n) is 2.69. The van der Waals surface area contributed by atoms with Gasteiger partial charge in [-0.1, -0.05) is 29.8 Å². The molecule has 3 rings (SSSR count). The molecular weight excluding hydrogens is 328 g/mol. The Morgan fingerprint density at radius 1 is 1.08 bits per heavy atom. The monoisotopic (exact) mass is 342 g/mol. The minimum atomic E-state index is -0.399. The molecule has 0 saturated carbocycles. The third-order valence-electron chi connectivity index (χ3n) is 4.07. The van der Waals surface area contributed by atoms with Crippen molar-refractivity contribution < 1.29 is 14.4 Å². The van der Waals surface area contributed by atoms with Gasteiger partial charge in [0.1, 0.15) is 0 Å². The van der Waals surface area contributed by atoms with Crippen LogP contribution in [0.15, 0.2) is 42.5 Å². The highest BCUT2D eigenvalue weighted by atomic mass is 35.5. The lowest BCUT2D eigenvalue weighted by Gasteiger charge is -2.16. The van der Waals surface area contributed by atoms with Crippen molar-refractivity contribution in [2.75, 3.05) is 7.05 Å². The molecule has 0 bridgehead atoms. The van der Waals surface area contributed by atoms with Gasteiger partial charge in [-0.05, 0) is 36.8 Å². The van der Waals surface area contributed by atoms with Gasteiger partial charge in [0.05, 0.1) is 17.2 Å². The van der Waals surface area contributed by atoms with Crippen molar-refractivity contribution in [3.8, 4) is 0 Å². The summed E-state index contributed by atoms with van der Waals surface area (Å²) < 4.78 is 0. The van der Waals surface area contributed by atoms with Crippen molar-refractivity contribution in [2.45, 2.75) is 13.0 Å². The maximum absolute atomic E-state index is 12.4. The van der Waals surface area contributed by atoms with Crippen LogP contribution in [0.3, 0.4) is 0 Å². The van der Waals surface area contributed by atoms with Gasteiger partial charge in [0.2, 0.25) is 0 Å². The van der Waals surface area contributed by atoms with Crippen LogP contribution in [0.1, 0.15) is 49.6 Å². The van der Waals surface area contributed by atoms with Crippen molar-refractivity contribution in [3.63, 3.8) is 0 Å². The topological polar surface area (TPSA) is 66.5 Å². The van der Waals surface area contributed by atoms with Gasteiger partial charge in [-0.3, -0.25) is 19.3 Å². The van der Waals surface area contributed by atoms with Crippen LogP contribution >= 0.6 is 11.6 Å². The zero-order valence-corrected chi connectivity index (χ0v) is 13.9. The molecular formula is C18H15ClN2O3. The van der Waals surface area contributed by atoms with E-state index < -0.39 is 5.91 Å². The fourth-order valence-corrected chi connectivity index (χ4v) is 2.99. The largest absolute Gasteiger partial charge is 0.345 e. The maximum atomic E-state index is 12.4. The van der Waals surface area contributed by atoms with E-state index in [1.165, 1.54) is 25.2 Å². The van der Waals surface area contributed by atoms with Crippen LogP contribution in [0.4, 0.5) is 0 Å². The minimum absolute atomic E-state index is 0.251. The van der Waals surface area contributed by atoms with Crippen molar-refractivity contribution in [2.24, 2.45) is 0 Å². The first-order valence-corrected chi connectivity index (χ1v) is 7.79. The van der Waals surface area contributed by atoms with Crippen LogP contribution in [0, 0.1) is 0 Å². The summed E-state index contributed by atoms with van der Waals surface area (Å²) in [5, 5.41) is 3.42. The Balaban J connectivity index is 1.83. The minimum Gasteiger partial charge on any atom is -0.345 e. The second kappa shape index (κ2) is 6.09. The van der Waals surface area contributed by atoms with Gasteiger partial charge >= 0.3 is 0 Å². The highest BCUT2D eigenvalue weighted by Crippen LogP contribution is 2.25. The van der Waals surface area contributed by atoms with Crippen molar-refractivity contribution in [1.29, 1.82) is 0 Å². The van der Waals surface area contributed by atoms with Gasteiger partial charge in [-0.15, -0.1) is 0 Å². The molecule has 5 nitrogen and oxygen atoms in total. The molecule has 0 saturated heterocycles. The van der Waals surface area contributed by atoms with Gasteiger partial charge in [-0.2, -0.15) is 0 Å². The number of benzene rings is 2. The quantitative estimate of drug-likeness (QED) is 0.872. The Labute approximate surface area is 144 Å². The summed E-state index contributed by atoms with van der Waals surface area (Å²) in [4.78, 5) is 37.4. The van der Waals surface area contributed by atoms with Crippen LogP contribution in [0.5, 0.6) is 0 Å². The molecule has 2 aromatic rings. The Kier molecular flexibility index (Phi) is 4.11. The SMILES string of the molecule is CC(NC(=O)c1ccc2c(c1)C(=O)N(C)C2=O)c1ccccc1Cl. The molecule has 1 aliphatic heterocycles. The van der Waals surface area contributed by atoms with E-state index >= 15 is 0 Å². The molecule has 1 heterocycles. The lowest BCUT2D eigenvalue weighted by Crippen LogP contribution is -2.27. The number of rotatable bonds is 3. The number of halogens is 1. The van der Waals surface area contributed by atoms with Crippen molar-refractivity contribution in [3.05, 3.63) is 69.7 Å². The normalized spacial score (nSPS) is 14.5. The predicted molar refractivity (Wildman–Crippen MR) is 90.2 cm³/mol. The molecule has 2 aromatic carbocycles. The lowest BCUT2D eigenvalue weighted by molar-refractivity contribution is 0.0693. The van der Waals surface area contributed by atoms with Gasteiger partial charge in [-0.25, -0.2) is 0 Å². The predicted octanol–water partition coefficient (Wildman–Crippen LogP) is 3.06. The smallest absolute Gasteiger partial charge is 0.261 e. The fraction of sp³-hybridized carbons (Fsp3) is 0.167. The Bertz CT molecular complexity index is 863. The summed E-state index contributed by atoms with van der Waals surface area (Å²) >= 11 is 6.14. The Hall–Kier alpha value is -2.66. The maximum Gasteiger partial charge on any atom is 0.261 e. The molecule has 0 spiro atoms. The molecule has 1 unspecified atom stereocenters. The van der Waals surface area contributed by atoms with Crippen molar-refractivity contribution in [1.82, 2.24) is 10.2 Å². The van der Waals surface area contributed by atoms with Crippen LogP contribution < -0.4 is 5.32 Å². The first-order chi connectivity index (χ1) is 11.4. The number of hydrogen-bond donors (Lipinski definition) is 1. The van der Waals surface area contributed by atoms with E-state index in [1.54, 1.807) is 6.07 Å². The van der Waals surface area contributed by atoms with E-state index in [9.17, 15) is 14.4 Å². The third kappa shape index (κ3) is 2.67. The number of imide groups is 1. The molecule has 0 aromatic heterocycles. The Morgan fingerprint density at radius 2 is 1.75 bits per heavy atom. The number of carbonyl (C=O) groups excluding carboxylic acids is 3. The van der Waals surface area contributed by atoms with Crippen molar-refractivity contribution >= 4 is 29.3 Å². The summed E-state index contributed by atoms with van der Waals surface area (Å²) in [6.07, 6.45) is 0. The summed E-state index contributed by atoms with van der Waals surface area (Å²) in [5.74, 6) is -1.09. The average Bonchev–Trinajstić information content (AvgIpc) is 2.79. The van der Waals surface area contributed by atoms with Gasteiger partial charge in [0.25, 0.3) is 17.7 Å². The molecule has 1 N–H and O–H groups in total. The van der Waals surface area contributed by atoms with E-state index in [0.717, 1.165) is 10.5 Å². The highest BCUT2D eigenvalue weighted by molar-refractivity contribution is 6.31. The Morgan fingerprint density at radius 3 is 2.46 bits per heavy atom. The van der Waals surface area contributed by atoms with E-state index in [2.05, 4.69) is 5.32 Å². The zero-order chi connectivity index (χ0) is 17.4. The summed E-state index contributed by atoms with van der Waals surface area (Å²) in [6, 6.07) is 11.5. The molecule has 6 heteroatoms. The lowest BCUT2D eigenvalue weighted by atomic mass is 10.0. The molecule has 1 aliphatic rings. The van der Waals surface area contributed by atoms with Crippen LogP contribution in [-0.4, -0.2) is 29.7 Å². The number of carbonyl (C=O) groups is 3. The summed E-state index contributed by atoms with van der Waals surface area (Å²) in [6.45, 7) is 1.83. The van der Waals surface area contributed by atoms with Gasteiger partial charge < -0.3 is 5.32 Å². The van der Waals surface area contributed by atoms with Gasteiger partial charge in [0, 0.05) is 17.6 Å². The molecule has 3 amide bonds. The molecule has 0 radical (unpaired) electrons. The third-order valence-corrected chi connectivity index (χ3v) is 4.42. The van der Waals surface area contributed by atoms with E-state index in [4.69, 9.17) is 11.6 Å². The molecule has 24 heavy (non-hydrogen) atoms.